The number of carbonyl (C=O) groups is 2. The van der Waals surface area contributed by atoms with E-state index in [2.05, 4.69) is 15.6 Å². The fourth-order valence-electron chi connectivity index (χ4n) is 1.84. The van der Waals surface area contributed by atoms with Crippen LogP contribution in [0.15, 0.2) is 24.3 Å². The summed E-state index contributed by atoms with van der Waals surface area (Å²) >= 11 is 1.27. The van der Waals surface area contributed by atoms with Gasteiger partial charge in [0.05, 0.1) is 12.8 Å². The SMILES string of the molecule is COC(=O)c1sc(NCc2ccc(NC(C)=O)cc2)nc1C. The molecule has 6 nitrogen and oxygen atoms in total. The molecule has 0 aliphatic rings. The van der Waals surface area contributed by atoms with Gasteiger partial charge in [0.25, 0.3) is 0 Å². The molecule has 0 aliphatic heterocycles. The zero-order valence-corrected chi connectivity index (χ0v) is 13.4. The van der Waals surface area contributed by atoms with Gasteiger partial charge in [-0.15, -0.1) is 0 Å². The van der Waals surface area contributed by atoms with Crippen LogP contribution >= 0.6 is 11.3 Å². The zero-order valence-electron chi connectivity index (χ0n) is 12.6. The van der Waals surface area contributed by atoms with Crippen LogP contribution in [-0.2, 0) is 16.1 Å². The van der Waals surface area contributed by atoms with Crippen molar-refractivity contribution in [2.24, 2.45) is 0 Å². The minimum absolute atomic E-state index is 0.0977. The van der Waals surface area contributed by atoms with E-state index in [4.69, 9.17) is 4.74 Å². The lowest BCUT2D eigenvalue weighted by Crippen LogP contribution is -2.06. The highest BCUT2D eigenvalue weighted by atomic mass is 32.1. The minimum atomic E-state index is -0.372. The summed E-state index contributed by atoms with van der Waals surface area (Å²) in [5.41, 5.74) is 2.45. The molecule has 0 unspecified atom stereocenters. The van der Waals surface area contributed by atoms with Crippen LogP contribution in [0.3, 0.4) is 0 Å². The summed E-state index contributed by atoms with van der Waals surface area (Å²) in [4.78, 5) is 27.3. The van der Waals surface area contributed by atoms with Gasteiger partial charge in [-0.25, -0.2) is 9.78 Å². The Morgan fingerprint density at radius 1 is 1.27 bits per heavy atom. The van der Waals surface area contributed by atoms with Crippen LogP contribution in [0.2, 0.25) is 0 Å². The van der Waals surface area contributed by atoms with Crippen molar-refractivity contribution in [3.05, 3.63) is 40.4 Å². The number of hydrogen-bond donors (Lipinski definition) is 2. The molecule has 22 heavy (non-hydrogen) atoms. The van der Waals surface area contributed by atoms with Gasteiger partial charge < -0.3 is 15.4 Å². The van der Waals surface area contributed by atoms with E-state index in [9.17, 15) is 9.59 Å². The maximum atomic E-state index is 11.5. The Bertz CT molecular complexity index is 680. The van der Waals surface area contributed by atoms with Crippen molar-refractivity contribution < 1.29 is 14.3 Å². The van der Waals surface area contributed by atoms with E-state index in [1.54, 1.807) is 6.92 Å². The van der Waals surface area contributed by atoms with E-state index in [0.29, 0.717) is 22.2 Å². The van der Waals surface area contributed by atoms with Crippen molar-refractivity contribution in [1.29, 1.82) is 0 Å². The van der Waals surface area contributed by atoms with Gasteiger partial charge in [-0.05, 0) is 24.6 Å². The van der Waals surface area contributed by atoms with Crippen LogP contribution in [0.5, 0.6) is 0 Å². The van der Waals surface area contributed by atoms with Gasteiger partial charge in [0.15, 0.2) is 5.13 Å². The van der Waals surface area contributed by atoms with Crippen molar-refractivity contribution in [2.75, 3.05) is 17.7 Å². The molecule has 1 heterocycles. The molecule has 1 aromatic heterocycles. The third-order valence-electron chi connectivity index (χ3n) is 2.89. The van der Waals surface area contributed by atoms with Crippen molar-refractivity contribution >= 4 is 34.0 Å². The summed E-state index contributed by atoms with van der Waals surface area (Å²) in [6, 6.07) is 7.51. The van der Waals surface area contributed by atoms with Crippen LogP contribution < -0.4 is 10.6 Å². The number of hydrogen-bond acceptors (Lipinski definition) is 6. The number of esters is 1. The van der Waals surface area contributed by atoms with E-state index < -0.39 is 0 Å². The second-order valence-corrected chi connectivity index (χ2v) is 5.66. The van der Waals surface area contributed by atoms with Crippen LogP contribution in [0, 0.1) is 6.92 Å². The number of thiazole rings is 1. The third-order valence-corrected chi connectivity index (χ3v) is 3.98. The number of rotatable bonds is 5. The first-order valence-electron chi connectivity index (χ1n) is 6.65. The van der Waals surface area contributed by atoms with E-state index in [0.717, 1.165) is 11.3 Å². The fourth-order valence-corrected chi connectivity index (χ4v) is 2.72. The average Bonchev–Trinajstić information content (AvgIpc) is 2.86. The number of aryl methyl sites for hydroxylation is 1. The lowest BCUT2D eigenvalue weighted by molar-refractivity contribution is -0.114. The topological polar surface area (TPSA) is 80.3 Å². The second-order valence-electron chi connectivity index (χ2n) is 4.66. The number of aromatic nitrogens is 1. The Morgan fingerprint density at radius 2 is 1.95 bits per heavy atom. The number of amides is 1. The van der Waals surface area contributed by atoms with Gasteiger partial charge in [0.1, 0.15) is 4.88 Å². The average molecular weight is 319 g/mol. The molecule has 0 spiro atoms. The second kappa shape index (κ2) is 7.04. The number of carbonyl (C=O) groups excluding carboxylic acids is 2. The van der Waals surface area contributed by atoms with E-state index in [1.165, 1.54) is 25.4 Å². The largest absolute Gasteiger partial charge is 0.465 e. The van der Waals surface area contributed by atoms with Crippen molar-refractivity contribution in [3.63, 3.8) is 0 Å². The monoisotopic (exact) mass is 319 g/mol. The standard InChI is InChI=1S/C15H17N3O3S/c1-9-13(14(20)21-3)22-15(17-9)16-8-11-4-6-12(7-5-11)18-10(2)19/h4-7H,8H2,1-3H3,(H,16,17)(H,18,19). The van der Waals surface area contributed by atoms with Crippen LogP contribution in [0.4, 0.5) is 10.8 Å². The quantitative estimate of drug-likeness (QED) is 0.828. The molecule has 116 valence electrons. The summed E-state index contributed by atoms with van der Waals surface area (Å²) in [6.07, 6.45) is 0. The molecule has 0 bridgehead atoms. The van der Waals surface area contributed by atoms with Gasteiger partial charge >= 0.3 is 5.97 Å². The van der Waals surface area contributed by atoms with Crippen LogP contribution in [0.25, 0.3) is 0 Å². The van der Waals surface area contributed by atoms with E-state index in [1.807, 2.05) is 24.3 Å². The first-order valence-corrected chi connectivity index (χ1v) is 7.47. The predicted octanol–water partition coefficient (Wildman–Crippen LogP) is 2.81. The van der Waals surface area contributed by atoms with Gasteiger partial charge in [-0.3, -0.25) is 4.79 Å². The molecule has 0 saturated heterocycles. The molecule has 0 aliphatic carbocycles. The van der Waals surface area contributed by atoms with Crippen LogP contribution in [-0.4, -0.2) is 24.0 Å². The number of methoxy groups -OCH3 is 1. The molecular weight excluding hydrogens is 302 g/mol. The third kappa shape index (κ3) is 4.05. The van der Waals surface area contributed by atoms with Crippen molar-refractivity contribution in [2.45, 2.75) is 20.4 Å². The normalized spacial score (nSPS) is 10.1. The summed E-state index contributed by atoms with van der Waals surface area (Å²) in [6.45, 7) is 3.82. The molecule has 1 aromatic carbocycles. The van der Waals surface area contributed by atoms with Gasteiger partial charge in [-0.2, -0.15) is 0 Å². The van der Waals surface area contributed by atoms with Crippen LogP contribution in [0.1, 0.15) is 27.9 Å². The highest BCUT2D eigenvalue weighted by molar-refractivity contribution is 7.17. The molecule has 2 N–H and O–H groups in total. The summed E-state index contributed by atoms with van der Waals surface area (Å²) < 4.78 is 4.71. The molecule has 0 radical (unpaired) electrons. The Hall–Kier alpha value is -2.41. The molecule has 0 atom stereocenters. The number of nitrogens with one attached hydrogen (secondary N) is 2. The Morgan fingerprint density at radius 3 is 2.55 bits per heavy atom. The lowest BCUT2D eigenvalue weighted by Gasteiger charge is -2.05. The summed E-state index contributed by atoms with van der Waals surface area (Å²) in [5, 5.41) is 6.56. The smallest absolute Gasteiger partial charge is 0.350 e. The Balaban J connectivity index is 1.98. The lowest BCUT2D eigenvalue weighted by atomic mass is 10.2. The van der Waals surface area contributed by atoms with Crippen molar-refractivity contribution in [3.8, 4) is 0 Å². The highest BCUT2D eigenvalue weighted by Gasteiger charge is 2.15. The first kappa shape index (κ1) is 16.0. The first-order chi connectivity index (χ1) is 10.5. The number of anilines is 2. The van der Waals surface area contributed by atoms with E-state index in [-0.39, 0.29) is 11.9 Å². The molecule has 1 amide bonds. The molecular formula is C15H17N3O3S. The molecule has 0 fully saturated rings. The summed E-state index contributed by atoms with van der Waals surface area (Å²) in [5.74, 6) is -0.470. The number of ether oxygens (including phenoxy) is 1. The molecule has 2 rings (SSSR count). The molecule has 7 heteroatoms. The van der Waals surface area contributed by atoms with Gasteiger partial charge in [-0.1, -0.05) is 23.5 Å². The minimum Gasteiger partial charge on any atom is -0.465 e. The zero-order chi connectivity index (χ0) is 16.1. The maximum Gasteiger partial charge on any atom is 0.350 e. The van der Waals surface area contributed by atoms with E-state index >= 15 is 0 Å². The molecule has 2 aromatic rings. The van der Waals surface area contributed by atoms with Crippen molar-refractivity contribution in [1.82, 2.24) is 4.98 Å². The maximum absolute atomic E-state index is 11.5. The highest BCUT2D eigenvalue weighted by Crippen LogP contribution is 2.23. The predicted molar refractivity (Wildman–Crippen MR) is 86.3 cm³/mol. The number of benzene rings is 1. The summed E-state index contributed by atoms with van der Waals surface area (Å²) in [7, 11) is 1.35. The number of nitrogens with zero attached hydrogens (tertiary/aromatic N) is 1. The Labute approximate surface area is 132 Å². The Kier molecular flexibility index (Phi) is 5.11. The van der Waals surface area contributed by atoms with Gasteiger partial charge in [0.2, 0.25) is 5.91 Å². The van der Waals surface area contributed by atoms with Gasteiger partial charge in [0, 0.05) is 19.2 Å². The fraction of sp³-hybridized carbons (Fsp3) is 0.267. The molecule has 0 saturated carbocycles.